The molecule has 0 aliphatic heterocycles. The fraction of sp³-hybridized carbons (Fsp3) is 0.167. The highest BCUT2D eigenvalue weighted by Gasteiger charge is 2.05. The number of nitrogens with two attached hydrogens (primary N) is 1. The number of hydrogen-bond donors (Lipinski definition) is 1. The van der Waals surface area contributed by atoms with Gasteiger partial charge in [0.25, 0.3) is 0 Å². The summed E-state index contributed by atoms with van der Waals surface area (Å²) in [5, 5.41) is 0.298. The van der Waals surface area contributed by atoms with Crippen LogP contribution in [-0.2, 0) is 0 Å². The molecule has 0 bridgehead atoms. The van der Waals surface area contributed by atoms with Gasteiger partial charge >= 0.3 is 0 Å². The van der Waals surface area contributed by atoms with E-state index in [0.717, 1.165) is 0 Å². The monoisotopic (exact) mass is 210 g/mol. The maximum absolute atomic E-state index is 5.59. The predicted octanol–water partition coefficient (Wildman–Crippen LogP) is 2.79. The molecule has 2 nitrogen and oxygen atoms in total. The molecule has 0 unspecified atom stereocenters. The lowest BCUT2D eigenvalue weighted by atomic mass is 10.3. The summed E-state index contributed by atoms with van der Waals surface area (Å²) in [6.07, 6.45) is 0. The van der Waals surface area contributed by atoms with Crippen LogP contribution in [0.1, 0.15) is 10.4 Å². The lowest BCUT2D eigenvalue weighted by Crippen LogP contribution is -1.92. The van der Waals surface area contributed by atoms with Gasteiger partial charge in [-0.05, 0) is 17.7 Å². The quantitative estimate of drug-likeness (QED) is 0.573. The van der Waals surface area contributed by atoms with E-state index < -0.39 is 4.84 Å². The van der Waals surface area contributed by atoms with Crippen molar-refractivity contribution in [2.45, 2.75) is 4.84 Å². The van der Waals surface area contributed by atoms with Crippen LogP contribution in [-0.4, -0.2) is 4.98 Å². The van der Waals surface area contributed by atoms with Crippen LogP contribution in [0.5, 0.6) is 0 Å². The third-order valence-electron chi connectivity index (χ3n) is 1.09. The molecule has 60 valence electrons. The van der Waals surface area contributed by atoms with Gasteiger partial charge in [0.1, 0.15) is 15.8 Å². The van der Waals surface area contributed by atoms with Gasteiger partial charge in [-0.3, -0.25) is 0 Å². The second-order valence-electron chi connectivity index (χ2n) is 1.95. The van der Waals surface area contributed by atoms with Crippen LogP contribution in [0.15, 0.2) is 12.1 Å². The first kappa shape index (κ1) is 8.91. The van der Waals surface area contributed by atoms with Crippen molar-refractivity contribution in [3.63, 3.8) is 0 Å². The molecule has 1 aromatic heterocycles. The Bertz CT molecular complexity index is 242. The Hall–Kier alpha value is -0.180. The van der Waals surface area contributed by atoms with Crippen molar-refractivity contribution in [3.8, 4) is 0 Å². The zero-order valence-electron chi connectivity index (χ0n) is 5.39. The average Bonchev–Trinajstić information content (AvgIpc) is 1.85. The van der Waals surface area contributed by atoms with Gasteiger partial charge < -0.3 is 5.73 Å². The fourth-order valence-corrected chi connectivity index (χ4v) is 1.14. The highest BCUT2D eigenvalue weighted by Crippen LogP contribution is 2.27. The van der Waals surface area contributed by atoms with Gasteiger partial charge in [0, 0.05) is 0 Å². The maximum atomic E-state index is 5.59. The van der Waals surface area contributed by atoms with E-state index in [0.29, 0.717) is 16.5 Å². The zero-order valence-corrected chi connectivity index (χ0v) is 7.66. The Kier molecular flexibility index (Phi) is 2.82. The Morgan fingerprint density at radius 1 is 1.36 bits per heavy atom. The molecule has 1 aromatic rings. The largest absolute Gasteiger partial charge is 0.384 e. The Morgan fingerprint density at radius 2 is 2.00 bits per heavy atom. The number of alkyl halides is 2. The maximum Gasteiger partial charge on any atom is 0.133 e. The highest BCUT2D eigenvalue weighted by molar-refractivity contribution is 6.44. The van der Waals surface area contributed by atoms with Gasteiger partial charge in [0.2, 0.25) is 0 Å². The van der Waals surface area contributed by atoms with E-state index in [4.69, 9.17) is 40.5 Å². The summed E-state index contributed by atoms with van der Waals surface area (Å²) >= 11 is 16.7. The zero-order chi connectivity index (χ0) is 8.43. The second kappa shape index (κ2) is 3.48. The molecular weight excluding hydrogens is 206 g/mol. The summed E-state index contributed by atoms with van der Waals surface area (Å²) in [7, 11) is 0. The highest BCUT2D eigenvalue weighted by atomic mass is 35.5. The first-order valence-corrected chi connectivity index (χ1v) is 4.06. The minimum absolute atomic E-state index is 0.298. The van der Waals surface area contributed by atoms with Crippen molar-refractivity contribution >= 4 is 40.6 Å². The summed E-state index contributed by atoms with van der Waals surface area (Å²) in [4.78, 5) is 3.13. The SMILES string of the molecule is Nc1cc(C(Cl)Cl)cc(Cl)n1. The number of hydrogen-bond acceptors (Lipinski definition) is 2. The van der Waals surface area contributed by atoms with Crippen molar-refractivity contribution in [3.05, 3.63) is 22.8 Å². The topological polar surface area (TPSA) is 38.9 Å². The van der Waals surface area contributed by atoms with Gasteiger partial charge in [-0.1, -0.05) is 11.6 Å². The fourth-order valence-electron chi connectivity index (χ4n) is 0.664. The number of halogens is 3. The number of anilines is 1. The van der Waals surface area contributed by atoms with Crippen LogP contribution >= 0.6 is 34.8 Å². The first-order chi connectivity index (χ1) is 5.09. The molecule has 1 rings (SSSR count). The van der Waals surface area contributed by atoms with E-state index >= 15 is 0 Å². The van der Waals surface area contributed by atoms with Gasteiger partial charge in [0.05, 0.1) is 0 Å². The van der Waals surface area contributed by atoms with Gasteiger partial charge in [-0.25, -0.2) is 4.98 Å². The smallest absolute Gasteiger partial charge is 0.133 e. The molecule has 1 heterocycles. The van der Waals surface area contributed by atoms with Crippen molar-refractivity contribution in [1.82, 2.24) is 4.98 Å². The molecule has 0 saturated carbocycles. The Labute approximate surface area is 79.3 Å². The van der Waals surface area contributed by atoms with Gasteiger partial charge in [-0.2, -0.15) is 0 Å². The molecule has 5 heteroatoms. The van der Waals surface area contributed by atoms with Gasteiger partial charge in [0.15, 0.2) is 0 Å². The summed E-state index contributed by atoms with van der Waals surface area (Å²) in [6, 6.07) is 3.15. The Balaban J connectivity index is 3.08. The molecule has 0 aliphatic carbocycles. The lowest BCUT2D eigenvalue weighted by Gasteiger charge is -2.02. The van der Waals surface area contributed by atoms with Crippen LogP contribution < -0.4 is 5.73 Å². The number of aromatic nitrogens is 1. The summed E-state index contributed by atoms with van der Waals surface area (Å²) in [5.41, 5.74) is 6.04. The molecule has 0 fully saturated rings. The third-order valence-corrected chi connectivity index (χ3v) is 1.79. The van der Waals surface area contributed by atoms with E-state index in [9.17, 15) is 0 Å². The Morgan fingerprint density at radius 3 is 2.45 bits per heavy atom. The van der Waals surface area contributed by atoms with Crippen molar-refractivity contribution in [2.24, 2.45) is 0 Å². The molecule has 2 N–H and O–H groups in total. The molecule has 0 aromatic carbocycles. The predicted molar refractivity (Wildman–Crippen MR) is 48.1 cm³/mol. The van der Waals surface area contributed by atoms with E-state index in [1.165, 1.54) is 0 Å². The van der Waals surface area contributed by atoms with E-state index in [-0.39, 0.29) is 0 Å². The molecular formula is C6H5Cl3N2. The van der Waals surface area contributed by atoms with Crippen LogP contribution in [0.3, 0.4) is 0 Å². The third kappa shape index (κ3) is 2.40. The molecule has 0 spiro atoms. The number of pyridine rings is 1. The normalized spacial score (nSPS) is 10.5. The van der Waals surface area contributed by atoms with Crippen molar-refractivity contribution in [1.29, 1.82) is 0 Å². The standard InChI is InChI=1S/C6H5Cl3N2/c7-4-1-3(6(8)9)2-5(10)11-4/h1-2,6H,(H2,10,11). The number of nitrogens with zero attached hydrogens (tertiary/aromatic N) is 1. The molecule has 0 saturated heterocycles. The number of rotatable bonds is 1. The molecule has 0 aliphatic rings. The van der Waals surface area contributed by atoms with Crippen LogP contribution in [0, 0.1) is 0 Å². The van der Waals surface area contributed by atoms with E-state index in [1.807, 2.05) is 0 Å². The summed E-state index contributed by atoms with van der Waals surface area (Å²) in [6.45, 7) is 0. The van der Waals surface area contributed by atoms with Crippen LogP contribution in [0.2, 0.25) is 5.15 Å². The van der Waals surface area contributed by atoms with Gasteiger partial charge in [-0.15, -0.1) is 23.2 Å². The summed E-state index contributed by atoms with van der Waals surface area (Å²) in [5.74, 6) is 0.318. The van der Waals surface area contributed by atoms with Crippen molar-refractivity contribution in [2.75, 3.05) is 5.73 Å². The summed E-state index contributed by atoms with van der Waals surface area (Å²) < 4.78 is 0. The van der Waals surface area contributed by atoms with Crippen LogP contribution in [0.25, 0.3) is 0 Å². The lowest BCUT2D eigenvalue weighted by molar-refractivity contribution is 1.26. The minimum Gasteiger partial charge on any atom is -0.384 e. The minimum atomic E-state index is -0.613. The first-order valence-electron chi connectivity index (χ1n) is 2.80. The van der Waals surface area contributed by atoms with Crippen LogP contribution in [0.4, 0.5) is 5.82 Å². The van der Waals surface area contributed by atoms with Crippen molar-refractivity contribution < 1.29 is 0 Å². The molecule has 11 heavy (non-hydrogen) atoms. The number of nitrogen functional groups attached to an aromatic ring is 1. The second-order valence-corrected chi connectivity index (χ2v) is 3.43. The van der Waals surface area contributed by atoms with E-state index in [1.54, 1.807) is 12.1 Å². The van der Waals surface area contributed by atoms with E-state index in [2.05, 4.69) is 4.98 Å². The molecule has 0 amide bonds. The molecule has 0 radical (unpaired) electrons. The average molecular weight is 211 g/mol. The molecule has 0 atom stereocenters.